The molecule has 176 valence electrons. The van der Waals surface area contributed by atoms with Crippen LogP contribution >= 0.6 is 0 Å². The van der Waals surface area contributed by atoms with Gasteiger partial charge in [-0.05, 0) is 35.9 Å². The first-order valence-electron chi connectivity index (χ1n) is 10.6. The molecule has 2 heterocycles. The van der Waals surface area contributed by atoms with Gasteiger partial charge < -0.3 is 14.8 Å². The zero-order valence-corrected chi connectivity index (χ0v) is 18.2. The molecule has 11 heteroatoms. The lowest BCUT2D eigenvalue weighted by atomic mass is 10.2. The molecule has 0 radical (unpaired) electrons. The van der Waals surface area contributed by atoms with Crippen molar-refractivity contribution in [3.05, 3.63) is 103 Å². The van der Waals surface area contributed by atoms with Gasteiger partial charge in [-0.1, -0.05) is 30.3 Å². The fraction of sp³-hybridized carbons (Fsp3) is 0.125. The van der Waals surface area contributed by atoms with Crippen LogP contribution in [0.2, 0.25) is 0 Å². The van der Waals surface area contributed by atoms with Crippen molar-refractivity contribution in [1.29, 1.82) is 0 Å². The van der Waals surface area contributed by atoms with E-state index in [4.69, 9.17) is 9.47 Å². The number of nitrogens with one attached hydrogen (secondary N) is 1. The molecule has 0 unspecified atom stereocenters. The topological polar surface area (TPSA) is 135 Å². The Labute approximate surface area is 196 Å². The molecule has 0 saturated heterocycles. The van der Waals surface area contributed by atoms with E-state index in [1.807, 2.05) is 0 Å². The minimum Gasteiger partial charge on any atom is -0.454 e. The summed E-state index contributed by atoms with van der Waals surface area (Å²) in [6, 6.07) is 17.3. The number of aromatic nitrogens is 2. The van der Waals surface area contributed by atoms with Gasteiger partial charge in [-0.3, -0.25) is 28.8 Å². The zero-order valence-electron chi connectivity index (χ0n) is 18.2. The predicted molar refractivity (Wildman–Crippen MR) is 126 cm³/mol. The fourth-order valence-corrected chi connectivity index (χ4v) is 3.96. The van der Waals surface area contributed by atoms with E-state index in [0.29, 0.717) is 17.1 Å². The highest BCUT2D eigenvalue weighted by molar-refractivity contribution is 5.93. The van der Waals surface area contributed by atoms with Crippen molar-refractivity contribution in [2.45, 2.75) is 13.1 Å². The third kappa shape index (κ3) is 4.10. The fourth-order valence-electron chi connectivity index (χ4n) is 3.96. The molecule has 4 aromatic rings. The molecule has 1 aromatic heterocycles. The number of para-hydroxylation sites is 3. The molecule has 35 heavy (non-hydrogen) atoms. The number of rotatable bonds is 6. The number of nitrogens with zero attached hydrogens (tertiary/aromatic N) is 3. The first-order valence-corrected chi connectivity index (χ1v) is 10.6. The largest absolute Gasteiger partial charge is 0.454 e. The number of carbonyl (C=O) groups excluding carboxylic acids is 1. The number of anilines is 1. The second kappa shape index (κ2) is 8.78. The number of benzene rings is 3. The lowest BCUT2D eigenvalue weighted by Gasteiger charge is -2.14. The Hall–Kier alpha value is -4.93. The Morgan fingerprint density at radius 1 is 0.971 bits per heavy atom. The molecule has 5 rings (SSSR count). The van der Waals surface area contributed by atoms with Crippen molar-refractivity contribution >= 4 is 28.2 Å². The molecule has 1 aliphatic rings. The molecule has 1 aliphatic heterocycles. The SMILES string of the molecule is O=C(Cn1c(=O)n(Cc2ccc3c(c2)OCO3)c(=O)c2ccccc21)Nc1ccccc1[N+](=O)[O-]. The molecular formula is C24H18N4O7. The van der Waals surface area contributed by atoms with Crippen LogP contribution in [-0.2, 0) is 17.9 Å². The van der Waals surface area contributed by atoms with Crippen LogP contribution in [0.5, 0.6) is 11.5 Å². The molecule has 0 aliphatic carbocycles. The summed E-state index contributed by atoms with van der Waals surface area (Å²) >= 11 is 0. The molecular weight excluding hydrogens is 456 g/mol. The predicted octanol–water partition coefficient (Wildman–Crippen LogP) is 2.49. The van der Waals surface area contributed by atoms with E-state index in [1.165, 1.54) is 22.8 Å². The van der Waals surface area contributed by atoms with Gasteiger partial charge in [-0.2, -0.15) is 0 Å². The number of amides is 1. The summed E-state index contributed by atoms with van der Waals surface area (Å²) < 4.78 is 12.9. The molecule has 0 bridgehead atoms. The van der Waals surface area contributed by atoms with Crippen molar-refractivity contribution in [3.8, 4) is 11.5 Å². The van der Waals surface area contributed by atoms with Gasteiger partial charge in [0.05, 0.1) is 22.4 Å². The maximum atomic E-state index is 13.4. The molecule has 1 N–H and O–H groups in total. The van der Waals surface area contributed by atoms with Crippen LogP contribution in [0.3, 0.4) is 0 Å². The first-order chi connectivity index (χ1) is 16.9. The zero-order chi connectivity index (χ0) is 24.5. The van der Waals surface area contributed by atoms with Crippen LogP contribution in [0.25, 0.3) is 10.9 Å². The van der Waals surface area contributed by atoms with E-state index in [0.717, 1.165) is 4.57 Å². The van der Waals surface area contributed by atoms with Crippen molar-refractivity contribution < 1.29 is 19.2 Å². The minimum atomic E-state index is -0.691. The average molecular weight is 474 g/mol. The summed E-state index contributed by atoms with van der Waals surface area (Å²) in [6.07, 6.45) is 0. The van der Waals surface area contributed by atoms with E-state index in [1.54, 1.807) is 48.5 Å². The summed E-state index contributed by atoms with van der Waals surface area (Å²) in [5, 5.41) is 14.0. The average Bonchev–Trinajstić information content (AvgIpc) is 3.32. The quantitative estimate of drug-likeness (QED) is 0.335. The van der Waals surface area contributed by atoms with E-state index in [-0.39, 0.29) is 35.6 Å². The third-order valence-corrected chi connectivity index (χ3v) is 5.59. The van der Waals surface area contributed by atoms with Gasteiger partial charge in [0, 0.05) is 6.07 Å². The van der Waals surface area contributed by atoms with Crippen LogP contribution in [0.1, 0.15) is 5.56 Å². The summed E-state index contributed by atoms with van der Waals surface area (Å²) in [5.74, 6) is 0.434. The Balaban J connectivity index is 1.53. The maximum absolute atomic E-state index is 13.4. The molecule has 11 nitrogen and oxygen atoms in total. The number of hydrogen-bond donors (Lipinski definition) is 1. The van der Waals surface area contributed by atoms with Crippen LogP contribution in [-0.4, -0.2) is 26.8 Å². The summed E-state index contributed by atoms with van der Waals surface area (Å²) in [5.41, 5.74) is -0.538. The van der Waals surface area contributed by atoms with E-state index >= 15 is 0 Å². The Morgan fingerprint density at radius 2 is 1.71 bits per heavy atom. The lowest BCUT2D eigenvalue weighted by molar-refractivity contribution is -0.383. The second-order valence-electron chi connectivity index (χ2n) is 7.79. The number of nitro groups is 1. The van der Waals surface area contributed by atoms with Crippen LogP contribution < -0.4 is 26.0 Å². The van der Waals surface area contributed by atoms with Crippen molar-refractivity contribution in [2.75, 3.05) is 12.1 Å². The van der Waals surface area contributed by atoms with E-state index in [9.17, 15) is 24.5 Å². The highest BCUT2D eigenvalue weighted by atomic mass is 16.7. The van der Waals surface area contributed by atoms with Crippen molar-refractivity contribution in [1.82, 2.24) is 9.13 Å². The monoisotopic (exact) mass is 474 g/mol. The van der Waals surface area contributed by atoms with E-state index < -0.39 is 28.6 Å². The molecule has 0 spiro atoms. The van der Waals surface area contributed by atoms with Gasteiger partial charge in [-0.25, -0.2) is 4.79 Å². The van der Waals surface area contributed by atoms with Gasteiger partial charge in [-0.15, -0.1) is 0 Å². The third-order valence-electron chi connectivity index (χ3n) is 5.59. The summed E-state index contributed by atoms with van der Waals surface area (Å²) in [4.78, 5) is 50.0. The molecule has 1 amide bonds. The molecule has 3 aromatic carbocycles. The summed E-state index contributed by atoms with van der Waals surface area (Å²) in [7, 11) is 0. The number of carbonyl (C=O) groups is 1. The Kier molecular flexibility index (Phi) is 5.49. The van der Waals surface area contributed by atoms with Crippen LogP contribution in [0.15, 0.2) is 76.3 Å². The highest BCUT2D eigenvalue weighted by Crippen LogP contribution is 2.32. The van der Waals surface area contributed by atoms with Gasteiger partial charge >= 0.3 is 5.69 Å². The van der Waals surface area contributed by atoms with Gasteiger partial charge in [0.15, 0.2) is 11.5 Å². The Bertz CT molecular complexity index is 1610. The normalized spacial score (nSPS) is 12.0. The number of nitro benzene ring substituents is 1. The first kappa shape index (κ1) is 21.9. The number of ether oxygens (including phenoxy) is 2. The van der Waals surface area contributed by atoms with Gasteiger partial charge in [0.1, 0.15) is 12.2 Å². The maximum Gasteiger partial charge on any atom is 0.332 e. The van der Waals surface area contributed by atoms with Crippen LogP contribution in [0, 0.1) is 10.1 Å². The smallest absolute Gasteiger partial charge is 0.332 e. The number of hydrogen-bond acceptors (Lipinski definition) is 7. The minimum absolute atomic E-state index is 0.00790. The summed E-state index contributed by atoms with van der Waals surface area (Å²) in [6.45, 7) is -0.409. The lowest BCUT2D eigenvalue weighted by Crippen LogP contribution is -2.42. The molecule has 0 fully saturated rings. The molecule has 0 saturated carbocycles. The van der Waals surface area contributed by atoms with Crippen LogP contribution in [0.4, 0.5) is 11.4 Å². The standard InChI is InChI=1S/C24H18N4O7/c29-22(25-17-6-2-4-8-19(17)28(32)33)13-26-18-7-3-1-5-16(18)23(30)27(24(26)31)12-15-9-10-20-21(11-15)35-14-34-20/h1-11H,12-14H2,(H,25,29). The van der Waals surface area contributed by atoms with Crippen molar-refractivity contribution in [2.24, 2.45) is 0 Å². The Morgan fingerprint density at radius 3 is 2.54 bits per heavy atom. The second-order valence-corrected chi connectivity index (χ2v) is 7.79. The molecule has 0 atom stereocenters. The number of fused-ring (bicyclic) bond motifs is 2. The van der Waals surface area contributed by atoms with Gasteiger partial charge in [0.2, 0.25) is 12.7 Å². The van der Waals surface area contributed by atoms with E-state index in [2.05, 4.69) is 5.32 Å². The van der Waals surface area contributed by atoms with Crippen molar-refractivity contribution in [3.63, 3.8) is 0 Å². The van der Waals surface area contributed by atoms with Gasteiger partial charge in [0.25, 0.3) is 11.2 Å². The highest BCUT2D eigenvalue weighted by Gasteiger charge is 2.19.